The molecule has 1 aliphatic heterocycles. The summed E-state index contributed by atoms with van der Waals surface area (Å²) in [6, 6.07) is 3.89. The molecular weight excluding hydrogens is 230 g/mol. The van der Waals surface area contributed by atoms with Gasteiger partial charge in [-0.25, -0.2) is 0 Å². The predicted octanol–water partition coefficient (Wildman–Crippen LogP) is 2.21. The van der Waals surface area contributed by atoms with Gasteiger partial charge in [0.25, 0.3) is 0 Å². The van der Waals surface area contributed by atoms with Crippen molar-refractivity contribution in [1.82, 2.24) is 5.32 Å². The number of amides is 1. The molecular formula is C11H12ClNO3. The highest BCUT2D eigenvalue weighted by Crippen LogP contribution is 2.34. The Hall–Kier alpha value is -1.42. The lowest BCUT2D eigenvalue weighted by Gasteiger charge is -2.07. The fourth-order valence-corrected chi connectivity index (χ4v) is 1.74. The van der Waals surface area contributed by atoms with Crippen molar-refractivity contribution in [3.8, 4) is 11.5 Å². The summed E-state index contributed by atoms with van der Waals surface area (Å²) in [5.41, 5.74) is 2.24. The molecule has 16 heavy (non-hydrogen) atoms. The highest BCUT2D eigenvalue weighted by molar-refractivity contribution is 6.62. The second-order valence-corrected chi connectivity index (χ2v) is 3.93. The Morgan fingerprint density at radius 1 is 1.44 bits per heavy atom. The Bertz CT molecular complexity index is 420. The van der Waals surface area contributed by atoms with Gasteiger partial charge in [0.05, 0.1) is 0 Å². The van der Waals surface area contributed by atoms with Gasteiger partial charge in [0.1, 0.15) is 0 Å². The number of carbonyl (C=O) groups excluding carboxylic acids is 1. The molecule has 1 heterocycles. The molecule has 0 radical (unpaired) electrons. The SMILES string of the molecule is Cc1cc2c(cc1CCNC(=O)Cl)OCO2. The van der Waals surface area contributed by atoms with Crippen LogP contribution >= 0.6 is 11.6 Å². The van der Waals surface area contributed by atoms with Crippen LogP contribution in [0.15, 0.2) is 12.1 Å². The fourth-order valence-electron chi connectivity index (χ4n) is 1.65. The van der Waals surface area contributed by atoms with Gasteiger partial charge in [0, 0.05) is 6.54 Å². The fraction of sp³-hybridized carbons (Fsp3) is 0.364. The molecule has 1 aromatic carbocycles. The third kappa shape index (κ3) is 2.39. The molecule has 1 aliphatic rings. The van der Waals surface area contributed by atoms with Gasteiger partial charge in [-0.15, -0.1) is 0 Å². The molecule has 0 saturated carbocycles. The van der Waals surface area contributed by atoms with E-state index in [1.54, 1.807) is 0 Å². The van der Waals surface area contributed by atoms with E-state index in [-0.39, 0.29) is 6.79 Å². The number of halogens is 1. The largest absolute Gasteiger partial charge is 0.454 e. The number of ether oxygens (including phenoxy) is 2. The molecule has 0 saturated heterocycles. The predicted molar refractivity (Wildman–Crippen MR) is 60.3 cm³/mol. The van der Waals surface area contributed by atoms with Crippen molar-refractivity contribution in [2.75, 3.05) is 13.3 Å². The van der Waals surface area contributed by atoms with E-state index in [1.807, 2.05) is 19.1 Å². The molecule has 2 rings (SSSR count). The van der Waals surface area contributed by atoms with E-state index in [4.69, 9.17) is 21.1 Å². The molecule has 1 amide bonds. The number of hydrogen-bond acceptors (Lipinski definition) is 3. The van der Waals surface area contributed by atoms with E-state index in [9.17, 15) is 4.79 Å². The van der Waals surface area contributed by atoms with Crippen LogP contribution in [0.3, 0.4) is 0 Å². The highest BCUT2D eigenvalue weighted by Gasteiger charge is 2.15. The molecule has 0 fully saturated rings. The van der Waals surface area contributed by atoms with Gasteiger partial charge >= 0.3 is 5.37 Å². The topological polar surface area (TPSA) is 47.6 Å². The van der Waals surface area contributed by atoms with Crippen LogP contribution < -0.4 is 14.8 Å². The number of rotatable bonds is 3. The third-order valence-corrected chi connectivity index (χ3v) is 2.62. The summed E-state index contributed by atoms with van der Waals surface area (Å²) in [6.07, 6.45) is 0.723. The van der Waals surface area contributed by atoms with Gasteiger partial charge < -0.3 is 14.8 Å². The van der Waals surface area contributed by atoms with E-state index in [2.05, 4.69) is 5.32 Å². The molecule has 86 valence electrons. The van der Waals surface area contributed by atoms with Crippen molar-refractivity contribution in [2.24, 2.45) is 0 Å². The third-order valence-electron chi connectivity index (χ3n) is 2.49. The first-order chi connectivity index (χ1) is 7.66. The van der Waals surface area contributed by atoms with E-state index in [0.29, 0.717) is 6.54 Å². The van der Waals surface area contributed by atoms with Crippen molar-refractivity contribution >= 4 is 17.0 Å². The van der Waals surface area contributed by atoms with Crippen LogP contribution in [0.4, 0.5) is 4.79 Å². The first kappa shape index (κ1) is 11.1. The van der Waals surface area contributed by atoms with E-state index in [1.165, 1.54) is 0 Å². The number of carbonyl (C=O) groups is 1. The van der Waals surface area contributed by atoms with Crippen LogP contribution in [0.1, 0.15) is 11.1 Å². The molecule has 1 N–H and O–H groups in total. The zero-order valence-electron chi connectivity index (χ0n) is 8.88. The van der Waals surface area contributed by atoms with Crippen molar-refractivity contribution < 1.29 is 14.3 Å². The zero-order valence-corrected chi connectivity index (χ0v) is 9.63. The smallest absolute Gasteiger partial charge is 0.313 e. The Morgan fingerprint density at radius 3 is 2.81 bits per heavy atom. The van der Waals surface area contributed by atoms with Crippen molar-refractivity contribution in [3.63, 3.8) is 0 Å². The van der Waals surface area contributed by atoms with Gasteiger partial charge in [-0.2, -0.15) is 0 Å². The molecule has 0 bridgehead atoms. The van der Waals surface area contributed by atoms with Crippen LogP contribution in [0.2, 0.25) is 0 Å². The Morgan fingerprint density at radius 2 is 2.12 bits per heavy atom. The molecule has 0 atom stereocenters. The van der Waals surface area contributed by atoms with Crippen LogP contribution in [0.5, 0.6) is 11.5 Å². The quantitative estimate of drug-likeness (QED) is 0.652. The molecule has 0 aliphatic carbocycles. The zero-order chi connectivity index (χ0) is 11.5. The number of nitrogens with one attached hydrogen (secondary N) is 1. The molecule has 1 aromatic rings. The maximum absolute atomic E-state index is 10.5. The lowest BCUT2D eigenvalue weighted by atomic mass is 10.0. The molecule has 0 unspecified atom stereocenters. The highest BCUT2D eigenvalue weighted by atomic mass is 35.5. The minimum Gasteiger partial charge on any atom is -0.454 e. The van der Waals surface area contributed by atoms with Gasteiger partial charge in [-0.3, -0.25) is 4.79 Å². The minimum atomic E-state index is -0.529. The summed E-state index contributed by atoms with van der Waals surface area (Å²) in [5, 5.41) is 2.01. The van der Waals surface area contributed by atoms with E-state index >= 15 is 0 Å². The lowest BCUT2D eigenvalue weighted by molar-refractivity contribution is 0.174. The minimum absolute atomic E-state index is 0.274. The monoisotopic (exact) mass is 241 g/mol. The van der Waals surface area contributed by atoms with Gasteiger partial charge in [0.2, 0.25) is 6.79 Å². The molecule has 0 spiro atoms. The first-order valence-corrected chi connectivity index (χ1v) is 5.37. The Labute approximate surface area is 98.5 Å². The van der Waals surface area contributed by atoms with Crippen molar-refractivity contribution in [2.45, 2.75) is 13.3 Å². The van der Waals surface area contributed by atoms with Crippen LogP contribution in [0, 0.1) is 6.92 Å². The van der Waals surface area contributed by atoms with Gasteiger partial charge in [-0.05, 0) is 48.2 Å². The second kappa shape index (κ2) is 4.61. The standard InChI is InChI=1S/C11H12ClNO3/c1-7-4-9-10(16-6-15-9)5-8(7)2-3-13-11(12)14/h4-5H,2-3,6H2,1H3,(H,13,14). The van der Waals surface area contributed by atoms with Crippen molar-refractivity contribution in [1.29, 1.82) is 0 Å². The van der Waals surface area contributed by atoms with Crippen LogP contribution in [-0.2, 0) is 6.42 Å². The molecule has 0 aromatic heterocycles. The number of benzene rings is 1. The lowest BCUT2D eigenvalue weighted by Crippen LogP contribution is -2.19. The summed E-state index contributed by atoms with van der Waals surface area (Å²) in [7, 11) is 0. The maximum Gasteiger partial charge on any atom is 0.313 e. The van der Waals surface area contributed by atoms with Crippen LogP contribution in [0.25, 0.3) is 0 Å². The number of fused-ring (bicyclic) bond motifs is 1. The van der Waals surface area contributed by atoms with Gasteiger partial charge in [0.15, 0.2) is 11.5 Å². The van der Waals surface area contributed by atoms with E-state index < -0.39 is 5.37 Å². The Balaban J connectivity index is 2.06. The van der Waals surface area contributed by atoms with Crippen LogP contribution in [-0.4, -0.2) is 18.7 Å². The molecule has 5 heteroatoms. The number of hydrogen-bond donors (Lipinski definition) is 1. The summed E-state index contributed by atoms with van der Waals surface area (Å²) < 4.78 is 10.5. The maximum atomic E-state index is 10.5. The second-order valence-electron chi connectivity index (χ2n) is 3.58. The van der Waals surface area contributed by atoms with Gasteiger partial charge in [-0.1, -0.05) is 0 Å². The summed E-state index contributed by atoms with van der Waals surface area (Å²) in [5.74, 6) is 1.54. The average molecular weight is 242 g/mol. The first-order valence-electron chi connectivity index (χ1n) is 4.99. The normalized spacial score (nSPS) is 12.6. The summed E-state index contributed by atoms with van der Waals surface area (Å²) >= 11 is 5.18. The van der Waals surface area contributed by atoms with Crippen molar-refractivity contribution in [3.05, 3.63) is 23.3 Å². The van der Waals surface area contributed by atoms with E-state index in [0.717, 1.165) is 29.0 Å². The Kier molecular flexibility index (Phi) is 3.19. The molecule has 4 nitrogen and oxygen atoms in total. The number of aryl methyl sites for hydroxylation is 1. The summed E-state index contributed by atoms with van der Waals surface area (Å²) in [6.45, 7) is 2.79. The average Bonchev–Trinajstić information content (AvgIpc) is 2.64. The summed E-state index contributed by atoms with van der Waals surface area (Å²) in [4.78, 5) is 10.5.